The highest BCUT2D eigenvalue weighted by molar-refractivity contribution is 7.89. The molecule has 1 aromatic carbocycles. The van der Waals surface area contributed by atoms with E-state index < -0.39 is 10.0 Å². The molecule has 0 N–H and O–H groups in total. The number of hydrogen-bond donors (Lipinski definition) is 0. The molecule has 29 heavy (non-hydrogen) atoms. The summed E-state index contributed by atoms with van der Waals surface area (Å²) >= 11 is 0. The Bertz CT molecular complexity index is 790. The molecular weight excluding hydrogens is 380 g/mol. The first-order valence-electron chi connectivity index (χ1n) is 11.8. The molecular formula is C24H36N2O2S. The fourth-order valence-corrected chi connectivity index (χ4v) is 8.64. The third-order valence-electron chi connectivity index (χ3n) is 8.30. The van der Waals surface area contributed by atoms with Crippen LogP contribution in [-0.2, 0) is 16.4 Å². The monoisotopic (exact) mass is 416 g/mol. The normalized spacial score (nSPS) is 35.3. The van der Waals surface area contributed by atoms with Crippen molar-refractivity contribution in [2.24, 2.45) is 17.8 Å². The maximum absolute atomic E-state index is 13.2. The van der Waals surface area contributed by atoms with Gasteiger partial charge in [0.15, 0.2) is 0 Å². The van der Waals surface area contributed by atoms with Crippen molar-refractivity contribution in [3.8, 4) is 0 Å². The molecule has 1 aliphatic heterocycles. The van der Waals surface area contributed by atoms with Gasteiger partial charge in [-0.3, -0.25) is 4.90 Å². The van der Waals surface area contributed by atoms with E-state index in [-0.39, 0.29) is 0 Å². The van der Waals surface area contributed by atoms with Crippen LogP contribution in [0.15, 0.2) is 29.2 Å². The summed E-state index contributed by atoms with van der Waals surface area (Å²) in [5.41, 5.74) is 1.63. The molecule has 5 aliphatic rings. The Balaban J connectivity index is 1.24. The van der Waals surface area contributed by atoms with Gasteiger partial charge < -0.3 is 0 Å². The van der Waals surface area contributed by atoms with E-state index in [9.17, 15) is 8.42 Å². The smallest absolute Gasteiger partial charge is 0.243 e. The number of unbranched alkanes of at least 4 members (excludes halogenated alkanes) is 1. The number of aryl methyl sites for hydroxylation is 1. The van der Waals surface area contributed by atoms with Gasteiger partial charge in [-0.2, -0.15) is 4.31 Å². The van der Waals surface area contributed by atoms with Crippen molar-refractivity contribution in [1.29, 1.82) is 0 Å². The summed E-state index contributed by atoms with van der Waals surface area (Å²) in [5, 5.41) is 0. The van der Waals surface area contributed by atoms with Crippen molar-refractivity contribution in [1.82, 2.24) is 9.21 Å². The van der Waals surface area contributed by atoms with Crippen LogP contribution in [0.5, 0.6) is 0 Å². The van der Waals surface area contributed by atoms with Gasteiger partial charge in [0.1, 0.15) is 0 Å². The fraction of sp³-hybridized carbons (Fsp3) is 0.750. The Kier molecular flexibility index (Phi) is 5.28. The highest BCUT2D eigenvalue weighted by Crippen LogP contribution is 2.57. The molecule has 0 amide bonds. The lowest BCUT2D eigenvalue weighted by atomic mass is 9.52. The molecule has 1 saturated heterocycles. The van der Waals surface area contributed by atoms with Crippen molar-refractivity contribution in [2.45, 2.75) is 75.1 Å². The first-order chi connectivity index (χ1) is 14.0. The second kappa shape index (κ2) is 7.65. The molecule has 1 aromatic rings. The van der Waals surface area contributed by atoms with Crippen LogP contribution in [0, 0.1) is 17.8 Å². The summed E-state index contributed by atoms with van der Waals surface area (Å²) in [5.74, 6) is 2.82. The summed E-state index contributed by atoms with van der Waals surface area (Å²) in [6, 6.07) is 7.61. The van der Waals surface area contributed by atoms with Gasteiger partial charge in [0.25, 0.3) is 0 Å². The van der Waals surface area contributed by atoms with Gasteiger partial charge in [0.05, 0.1) is 4.90 Å². The molecule has 160 valence electrons. The van der Waals surface area contributed by atoms with E-state index >= 15 is 0 Å². The first-order valence-corrected chi connectivity index (χ1v) is 13.3. The molecule has 1 heterocycles. The molecule has 4 bridgehead atoms. The lowest BCUT2D eigenvalue weighted by Gasteiger charge is -2.61. The molecule has 5 fully saturated rings. The Labute approximate surface area is 176 Å². The molecule has 0 aromatic heterocycles. The molecule has 5 heteroatoms. The summed E-state index contributed by atoms with van der Waals surface area (Å²) in [6.07, 6.45) is 11.8. The maximum atomic E-state index is 13.2. The van der Waals surface area contributed by atoms with Gasteiger partial charge >= 0.3 is 0 Å². The predicted molar refractivity (Wildman–Crippen MR) is 116 cm³/mol. The Morgan fingerprint density at radius 2 is 1.45 bits per heavy atom. The minimum Gasteiger partial charge on any atom is -0.295 e. The summed E-state index contributed by atoms with van der Waals surface area (Å²) in [6.45, 7) is 5.27. The largest absolute Gasteiger partial charge is 0.295 e. The number of benzene rings is 1. The van der Waals surface area contributed by atoms with Crippen LogP contribution in [0.25, 0.3) is 0 Å². The van der Waals surface area contributed by atoms with Gasteiger partial charge in [-0.05, 0) is 86.8 Å². The Morgan fingerprint density at radius 1 is 0.897 bits per heavy atom. The number of rotatable bonds is 6. The Hall–Kier alpha value is -0.910. The van der Waals surface area contributed by atoms with Gasteiger partial charge in [-0.1, -0.05) is 25.5 Å². The van der Waals surface area contributed by atoms with Crippen LogP contribution in [0.3, 0.4) is 0 Å². The molecule has 4 aliphatic carbocycles. The summed E-state index contributed by atoms with van der Waals surface area (Å²) < 4.78 is 28.1. The number of piperazine rings is 1. The van der Waals surface area contributed by atoms with Gasteiger partial charge in [-0.25, -0.2) is 8.42 Å². The van der Waals surface area contributed by atoms with Gasteiger partial charge in [0, 0.05) is 31.7 Å². The fourth-order valence-electron chi connectivity index (χ4n) is 7.21. The standard InChI is InChI=1S/C24H36N2O2S/c1-2-3-4-19-5-7-23(8-6-19)29(27,28)26-11-9-25(10-12-26)24-16-20-13-21(17-24)15-22(14-20)18-24/h5-8,20-22H,2-4,9-18H2,1H3. The molecule has 0 radical (unpaired) electrons. The Morgan fingerprint density at radius 3 is 1.97 bits per heavy atom. The van der Waals surface area contributed by atoms with Crippen LogP contribution in [0.4, 0.5) is 0 Å². The topological polar surface area (TPSA) is 40.6 Å². The van der Waals surface area contributed by atoms with E-state index in [4.69, 9.17) is 0 Å². The van der Waals surface area contributed by atoms with E-state index in [1.807, 2.05) is 24.3 Å². The molecule has 4 nitrogen and oxygen atoms in total. The first kappa shape index (κ1) is 20.0. The zero-order valence-electron chi connectivity index (χ0n) is 17.9. The molecule has 0 unspecified atom stereocenters. The van der Waals surface area contributed by atoms with Crippen molar-refractivity contribution < 1.29 is 8.42 Å². The average molecular weight is 417 g/mol. The molecule has 0 atom stereocenters. The van der Waals surface area contributed by atoms with Crippen molar-refractivity contribution in [2.75, 3.05) is 26.2 Å². The number of sulfonamides is 1. The van der Waals surface area contributed by atoms with E-state index in [1.54, 1.807) is 4.31 Å². The zero-order chi connectivity index (χ0) is 20.1. The van der Waals surface area contributed by atoms with Crippen LogP contribution >= 0.6 is 0 Å². The summed E-state index contributed by atoms with van der Waals surface area (Å²) in [7, 11) is -3.37. The zero-order valence-corrected chi connectivity index (χ0v) is 18.7. The van der Waals surface area contributed by atoms with Crippen LogP contribution < -0.4 is 0 Å². The molecule has 4 saturated carbocycles. The van der Waals surface area contributed by atoms with Gasteiger partial charge in [-0.15, -0.1) is 0 Å². The van der Waals surface area contributed by atoms with E-state index in [0.29, 0.717) is 23.5 Å². The van der Waals surface area contributed by atoms with Crippen LogP contribution in [0.2, 0.25) is 0 Å². The molecule has 0 spiro atoms. The second-order valence-electron chi connectivity index (χ2n) is 10.3. The average Bonchev–Trinajstić information content (AvgIpc) is 2.72. The van der Waals surface area contributed by atoms with Gasteiger partial charge in [0.2, 0.25) is 10.0 Å². The number of nitrogens with zero attached hydrogens (tertiary/aromatic N) is 2. The van der Waals surface area contributed by atoms with E-state index in [2.05, 4.69) is 11.8 Å². The highest BCUT2D eigenvalue weighted by atomic mass is 32.2. The van der Waals surface area contributed by atoms with Crippen molar-refractivity contribution in [3.63, 3.8) is 0 Å². The lowest BCUT2D eigenvalue weighted by molar-refractivity contribution is -0.0964. The third kappa shape index (κ3) is 3.68. The minimum absolute atomic E-state index is 0.394. The SMILES string of the molecule is CCCCc1ccc(S(=O)(=O)N2CCN(C34CC5CC(CC(C5)C3)C4)CC2)cc1. The van der Waals surface area contributed by atoms with Crippen molar-refractivity contribution in [3.05, 3.63) is 29.8 Å². The van der Waals surface area contributed by atoms with E-state index in [0.717, 1.165) is 50.1 Å². The maximum Gasteiger partial charge on any atom is 0.243 e. The predicted octanol–water partition coefficient (Wildman–Crippen LogP) is 4.30. The highest BCUT2D eigenvalue weighted by Gasteiger charge is 2.53. The van der Waals surface area contributed by atoms with Crippen molar-refractivity contribution >= 4 is 10.0 Å². The van der Waals surface area contributed by atoms with Crippen LogP contribution in [-0.4, -0.2) is 49.3 Å². The minimum atomic E-state index is -3.37. The quantitative estimate of drug-likeness (QED) is 0.694. The lowest BCUT2D eigenvalue weighted by Crippen LogP contribution is -2.64. The van der Waals surface area contributed by atoms with Crippen LogP contribution in [0.1, 0.15) is 63.9 Å². The summed E-state index contributed by atoms with van der Waals surface area (Å²) in [4.78, 5) is 3.15. The van der Waals surface area contributed by atoms with E-state index in [1.165, 1.54) is 44.1 Å². The molecule has 6 rings (SSSR count). The number of hydrogen-bond acceptors (Lipinski definition) is 3. The third-order valence-corrected chi connectivity index (χ3v) is 10.2. The second-order valence-corrected chi connectivity index (χ2v) is 12.2.